The van der Waals surface area contributed by atoms with Gasteiger partial charge < -0.3 is 24.3 Å². The monoisotopic (exact) mass is 337 g/mol. The summed E-state index contributed by atoms with van der Waals surface area (Å²) < 4.78 is 21.8. The highest BCUT2D eigenvalue weighted by Crippen LogP contribution is 2.34. The molecule has 1 unspecified atom stereocenters. The Morgan fingerprint density at radius 2 is 1.96 bits per heavy atom. The number of rotatable bonds is 8. The predicted molar refractivity (Wildman–Crippen MR) is 90.5 cm³/mol. The second-order valence-corrected chi connectivity index (χ2v) is 6.18. The van der Waals surface area contributed by atoms with Crippen LogP contribution in [0.2, 0.25) is 0 Å². The normalized spacial score (nSPS) is 15.0. The van der Waals surface area contributed by atoms with Crippen molar-refractivity contribution in [1.82, 2.24) is 5.32 Å². The molecule has 1 amide bonds. The standard InChI is InChI=1S/C18H27NO5/c1-5-21-8-9-22-13(2)17(20)19-18(3,4)14-6-7-15-16(12-14)24-11-10-23-15/h6-7,12-13H,5,8-11H2,1-4H3,(H,19,20). The van der Waals surface area contributed by atoms with Crippen LogP contribution in [-0.4, -0.2) is 45.0 Å². The molecule has 0 aliphatic carbocycles. The van der Waals surface area contributed by atoms with Crippen molar-refractivity contribution in [3.8, 4) is 11.5 Å². The van der Waals surface area contributed by atoms with Crippen molar-refractivity contribution in [3.63, 3.8) is 0 Å². The van der Waals surface area contributed by atoms with Crippen LogP contribution in [0.25, 0.3) is 0 Å². The van der Waals surface area contributed by atoms with E-state index in [2.05, 4.69) is 5.32 Å². The summed E-state index contributed by atoms with van der Waals surface area (Å²) >= 11 is 0. The molecule has 0 saturated carbocycles. The molecule has 134 valence electrons. The van der Waals surface area contributed by atoms with Gasteiger partial charge in [0.15, 0.2) is 11.5 Å². The summed E-state index contributed by atoms with van der Waals surface area (Å²) in [6, 6.07) is 5.73. The number of benzene rings is 1. The molecule has 6 heteroatoms. The van der Waals surface area contributed by atoms with E-state index in [-0.39, 0.29) is 5.91 Å². The molecule has 1 heterocycles. The molecule has 1 aromatic carbocycles. The van der Waals surface area contributed by atoms with E-state index < -0.39 is 11.6 Å². The number of hydrogen-bond donors (Lipinski definition) is 1. The molecular formula is C18H27NO5. The zero-order valence-corrected chi connectivity index (χ0v) is 14.9. The summed E-state index contributed by atoms with van der Waals surface area (Å²) in [5, 5.41) is 3.02. The molecule has 0 bridgehead atoms. The third-order valence-corrected chi connectivity index (χ3v) is 3.87. The minimum atomic E-state index is -0.551. The van der Waals surface area contributed by atoms with Gasteiger partial charge in [-0.25, -0.2) is 0 Å². The van der Waals surface area contributed by atoms with Gasteiger partial charge in [0.25, 0.3) is 0 Å². The molecule has 1 aliphatic rings. The second-order valence-electron chi connectivity index (χ2n) is 6.18. The Labute approximate surface area is 143 Å². The molecule has 2 rings (SSSR count). The molecule has 0 fully saturated rings. The first kappa shape index (κ1) is 18.5. The van der Waals surface area contributed by atoms with Crippen LogP contribution in [0.15, 0.2) is 18.2 Å². The molecule has 6 nitrogen and oxygen atoms in total. The highest BCUT2D eigenvalue weighted by molar-refractivity contribution is 5.81. The van der Waals surface area contributed by atoms with E-state index in [4.69, 9.17) is 18.9 Å². The third kappa shape index (κ3) is 4.85. The van der Waals surface area contributed by atoms with Crippen LogP contribution in [0.5, 0.6) is 11.5 Å². The molecule has 1 aliphatic heterocycles. The van der Waals surface area contributed by atoms with E-state index in [1.165, 1.54) is 0 Å². The fourth-order valence-corrected chi connectivity index (χ4v) is 2.42. The smallest absolute Gasteiger partial charge is 0.249 e. The van der Waals surface area contributed by atoms with Gasteiger partial charge in [-0.2, -0.15) is 0 Å². The van der Waals surface area contributed by atoms with Gasteiger partial charge in [0.05, 0.1) is 18.8 Å². The van der Waals surface area contributed by atoms with E-state index >= 15 is 0 Å². The first-order valence-electron chi connectivity index (χ1n) is 8.35. The van der Waals surface area contributed by atoms with Crippen molar-refractivity contribution in [1.29, 1.82) is 0 Å². The zero-order chi connectivity index (χ0) is 17.6. The van der Waals surface area contributed by atoms with Crippen molar-refractivity contribution in [2.24, 2.45) is 0 Å². The van der Waals surface area contributed by atoms with E-state index in [0.29, 0.717) is 38.8 Å². The van der Waals surface area contributed by atoms with Crippen LogP contribution in [-0.2, 0) is 19.8 Å². The Morgan fingerprint density at radius 1 is 1.25 bits per heavy atom. The van der Waals surface area contributed by atoms with Crippen molar-refractivity contribution in [3.05, 3.63) is 23.8 Å². The molecule has 1 atom stereocenters. The van der Waals surface area contributed by atoms with Crippen LogP contribution in [0.1, 0.15) is 33.3 Å². The van der Waals surface area contributed by atoms with Crippen molar-refractivity contribution >= 4 is 5.91 Å². The number of fused-ring (bicyclic) bond motifs is 1. The van der Waals surface area contributed by atoms with Gasteiger partial charge in [-0.1, -0.05) is 6.07 Å². The molecule has 0 saturated heterocycles. The van der Waals surface area contributed by atoms with E-state index in [1.54, 1.807) is 6.92 Å². The van der Waals surface area contributed by atoms with Crippen LogP contribution in [0.3, 0.4) is 0 Å². The fraction of sp³-hybridized carbons (Fsp3) is 0.611. The van der Waals surface area contributed by atoms with Crippen LogP contribution in [0.4, 0.5) is 0 Å². The summed E-state index contributed by atoms with van der Waals surface area (Å²) in [6.45, 7) is 10.2. The lowest BCUT2D eigenvalue weighted by Crippen LogP contribution is -2.46. The van der Waals surface area contributed by atoms with Crippen molar-refractivity contribution in [2.45, 2.75) is 39.3 Å². The van der Waals surface area contributed by atoms with E-state index in [1.807, 2.05) is 39.0 Å². The second kappa shape index (κ2) is 8.35. The lowest BCUT2D eigenvalue weighted by atomic mass is 9.93. The summed E-state index contributed by atoms with van der Waals surface area (Å²) in [4.78, 5) is 12.4. The summed E-state index contributed by atoms with van der Waals surface area (Å²) in [5.74, 6) is 1.29. The molecular weight excluding hydrogens is 310 g/mol. The first-order chi connectivity index (χ1) is 11.4. The molecule has 0 radical (unpaired) electrons. The third-order valence-electron chi connectivity index (χ3n) is 3.87. The van der Waals surface area contributed by atoms with Crippen molar-refractivity contribution in [2.75, 3.05) is 33.0 Å². The first-order valence-corrected chi connectivity index (χ1v) is 8.35. The van der Waals surface area contributed by atoms with Gasteiger partial charge >= 0.3 is 0 Å². The lowest BCUT2D eigenvalue weighted by molar-refractivity contribution is -0.134. The Balaban J connectivity index is 1.95. The lowest BCUT2D eigenvalue weighted by Gasteiger charge is -2.30. The maximum Gasteiger partial charge on any atom is 0.249 e. The molecule has 0 aromatic heterocycles. The summed E-state index contributed by atoms with van der Waals surface area (Å²) in [5.41, 5.74) is 0.395. The highest BCUT2D eigenvalue weighted by atomic mass is 16.6. The van der Waals surface area contributed by atoms with Gasteiger partial charge in [0, 0.05) is 6.61 Å². The zero-order valence-electron chi connectivity index (χ0n) is 14.9. The maximum absolute atomic E-state index is 12.4. The SMILES string of the molecule is CCOCCOC(C)C(=O)NC(C)(C)c1ccc2c(c1)OCCO2. The molecule has 1 aromatic rings. The number of nitrogens with one attached hydrogen (secondary N) is 1. The van der Waals surface area contributed by atoms with Gasteiger partial charge in [0.1, 0.15) is 19.3 Å². The number of carbonyl (C=O) groups excluding carboxylic acids is 1. The van der Waals surface area contributed by atoms with E-state index in [9.17, 15) is 4.79 Å². The topological polar surface area (TPSA) is 66.0 Å². The van der Waals surface area contributed by atoms with Gasteiger partial charge in [-0.15, -0.1) is 0 Å². The highest BCUT2D eigenvalue weighted by Gasteiger charge is 2.27. The largest absolute Gasteiger partial charge is 0.486 e. The number of ether oxygens (including phenoxy) is 4. The van der Waals surface area contributed by atoms with Crippen LogP contribution >= 0.6 is 0 Å². The quantitative estimate of drug-likeness (QED) is 0.737. The van der Waals surface area contributed by atoms with Gasteiger partial charge in [-0.3, -0.25) is 4.79 Å². The predicted octanol–water partition coefficient (Wildman–Crippen LogP) is 2.25. The van der Waals surface area contributed by atoms with Gasteiger partial charge in [-0.05, 0) is 45.4 Å². The molecule has 0 spiro atoms. The van der Waals surface area contributed by atoms with E-state index in [0.717, 1.165) is 11.3 Å². The molecule has 24 heavy (non-hydrogen) atoms. The average Bonchev–Trinajstić information content (AvgIpc) is 2.57. The average molecular weight is 337 g/mol. The molecule has 1 N–H and O–H groups in total. The maximum atomic E-state index is 12.4. The summed E-state index contributed by atoms with van der Waals surface area (Å²) in [7, 11) is 0. The number of carbonyl (C=O) groups is 1. The Bertz CT molecular complexity index is 558. The number of hydrogen-bond acceptors (Lipinski definition) is 5. The van der Waals surface area contributed by atoms with Crippen LogP contribution in [0, 0.1) is 0 Å². The minimum absolute atomic E-state index is 0.161. The fourth-order valence-electron chi connectivity index (χ4n) is 2.42. The Hall–Kier alpha value is -1.79. The summed E-state index contributed by atoms with van der Waals surface area (Å²) in [6.07, 6.45) is -0.540. The van der Waals surface area contributed by atoms with Crippen LogP contribution < -0.4 is 14.8 Å². The van der Waals surface area contributed by atoms with Gasteiger partial charge in [0.2, 0.25) is 5.91 Å². The Kier molecular flexibility index (Phi) is 6.45. The Morgan fingerprint density at radius 3 is 2.67 bits per heavy atom. The minimum Gasteiger partial charge on any atom is -0.486 e. The van der Waals surface area contributed by atoms with Crippen molar-refractivity contribution < 1.29 is 23.7 Å². The number of amides is 1.